The van der Waals surface area contributed by atoms with Crippen molar-refractivity contribution in [1.29, 1.82) is 0 Å². The fourth-order valence-electron chi connectivity index (χ4n) is 2.61. The third-order valence-electron chi connectivity index (χ3n) is 3.65. The molecule has 3 N–H and O–H groups in total. The van der Waals surface area contributed by atoms with E-state index in [1.807, 2.05) is 18.2 Å². The number of nitrogens with zero attached hydrogens (tertiary/aromatic N) is 1. The second-order valence-corrected chi connectivity index (χ2v) is 5.07. The Morgan fingerprint density at radius 1 is 1.53 bits per heavy atom. The minimum atomic E-state index is 0.153. The zero-order chi connectivity index (χ0) is 12.4. The van der Waals surface area contributed by atoms with E-state index in [4.69, 9.17) is 17.3 Å². The SMILES string of the molecule is CC1CCN(c2c(Cl)cccc2CN)C1CO. The number of aliphatic hydroxyl groups excluding tert-OH is 1. The summed E-state index contributed by atoms with van der Waals surface area (Å²) in [5, 5.41) is 10.2. The molecule has 2 rings (SSSR count). The number of benzene rings is 1. The van der Waals surface area contributed by atoms with Crippen LogP contribution in [0.25, 0.3) is 0 Å². The van der Waals surface area contributed by atoms with Gasteiger partial charge in [-0.2, -0.15) is 0 Å². The Balaban J connectivity index is 2.39. The largest absolute Gasteiger partial charge is 0.394 e. The van der Waals surface area contributed by atoms with E-state index in [1.54, 1.807) is 0 Å². The number of nitrogens with two attached hydrogens (primary N) is 1. The zero-order valence-electron chi connectivity index (χ0n) is 10.1. The van der Waals surface area contributed by atoms with Crippen molar-refractivity contribution in [1.82, 2.24) is 0 Å². The molecule has 3 nitrogen and oxygen atoms in total. The van der Waals surface area contributed by atoms with Crippen LogP contribution in [0.15, 0.2) is 18.2 Å². The lowest BCUT2D eigenvalue weighted by molar-refractivity contribution is 0.244. The van der Waals surface area contributed by atoms with E-state index in [0.717, 1.165) is 29.2 Å². The molecule has 94 valence electrons. The first kappa shape index (κ1) is 12.7. The summed E-state index contributed by atoms with van der Waals surface area (Å²) in [6.45, 7) is 3.73. The van der Waals surface area contributed by atoms with E-state index in [2.05, 4.69) is 11.8 Å². The van der Waals surface area contributed by atoms with Crippen molar-refractivity contribution in [3.05, 3.63) is 28.8 Å². The molecular formula is C13H19ClN2O. The van der Waals surface area contributed by atoms with Crippen LogP contribution in [0.2, 0.25) is 5.02 Å². The Labute approximate surface area is 107 Å². The zero-order valence-corrected chi connectivity index (χ0v) is 10.8. The fraction of sp³-hybridized carbons (Fsp3) is 0.538. The van der Waals surface area contributed by atoms with Crippen LogP contribution in [-0.2, 0) is 6.54 Å². The third kappa shape index (κ3) is 2.28. The Bertz CT molecular complexity index is 397. The number of aliphatic hydroxyl groups is 1. The molecule has 1 aromatic carbocycles. The fourth-order valence-corrected chi connectivity index (χ4v) is 2.91. The molecule has 0 aromatic heterocycles. The average molecular weight is 255 g/mol. The molecule has 17 heavy (non-hydrogen) atoms. The van der Waals surface area contributed by atoms with E-state index in [0.29, 0.717) is 12.5 Å². The van der Waals surface area contributed by atoms with Gasteiger partial charge in [-0.15, -0.1) is 0 Å². The molecule has 1 saturated heterocycles. The average Bonchev–Trinajstić information content (AvgIpc) is 2.69. The first-order valence-corrected chi connectivity index (χ1v) is 6.41. The summed E-state index contributed by atoms with van der Waals surface area (Å²) in [6.07, 6.45) is 1.08. The van der Waals surface area contributed by atoms with Gasteiger partial charge >= 0.3 is 0 Å². The minimum absolute atomic E-state index is 0.153. The first-order chi connectivity index (χ1) is 8.19. The highest BCUT2D eigenvalue weighted by Gasteiger charge is 2.32. The molecule has 0 bridgehead atoms. The molecule has 1 aliphatic heterocycles. The predicted molar refractivity (Wildman–Crippen MR) is 71.3 cm³/mol. The number of hydrogen-bond donors (Lipinski definition) is 2. The number of hydrogen-bond acceptors (Lipinski definition) is 3. The van der Waals surface area contributed by atoms with Crippen molar-refractivity contribution < 1.29 is 5.11 Å². The van der Waals surface area contributed by atoms with Gasteiger partial charge in [0.1, 0.15) is 0 Å². The highest BCUT2D eigenvalue weighted by molar-refractivity contribution is 6.33. The molecule has 1 aromatic rings. The number of rotatable bonds is 3. The van der Waals surface area contributed by atoms with Crippen LogP contribution in [0, 0.1) is 5.92 Å². The topological polar surface area (TPSA) is 49.5 Å². The summed E-state index contributed by atoms with van der Waals surface area (Å²) in [6, 6.07) is 5.95. The number of para-hydroxylation sites is 1. The Morgan fingerprint density at radius 2 is 2.29 bits per heavy atom. The summed E-state index contributed by atoms with van der Waals surface area (Å²) in [7, 11) is 0. The quantitative estimate of drug-likeness (QED) is 0.868. The Kier molecular flexibility index (Phi) is 3.92. The maximum atomic E-state index is 9.51. The van der Waals surface area contributed by atoms with Gasteiger partial charge in [-0.1, -0.05) is 30.7 Å². The molecular weight excluding hydrogens is 236 g/mol. The van der Waals surface area contributed by atoms with Crippen molar-refractivity contribution in [2.24, 2.45) is 11.7 Å². The van der Waals surface area contributed by atoms with E-state index in [-0.39, 0.29) is 12.6 Å². The van der Waals surface area contributed by atoms with Gasteiger partial charge in [0.05, 0.1) is 23.4 Å². The van der Waals surface area contributed by atoms with Crippen molar-refractivity contribution >= 4 is 17.3 Å². The molecule has 1 aliphatic rings. The van der Waals surface area contributed by atoms with Crippen LogP contribution in [-0.4, -0.2) is 24.3 Å². The van der Waals surface area contributed by atoms with E-state index in [9.17, 15) is 5.11 Å². The lowest BCUT2D eigenvalue weighted by Crippen LogP contribution is -2.36. The van der Waals surface area contributed by atoms with Gasteiger partial charge in [0, 0.05) is 13.1 Å². The van der Waals surface area contributed by atoms with Gasteiger partial charge in [-0.3, -0.25) is 0 Å². The van der Waals surface area contributed by atoms with E-state index < -0.39 is 0 Å². The first-order valence-electron chi connectivity index (χ1n) is 6.04. The standard InChI is InChI=1S/C13H19ClN2O/c1-9-5-6-16(12(9)8-17)13-10(7-15)3-2-4-11(13)14/h2-4,9,12,17H,5-8,15H2,1H3. The maximum Gasteiger partial charge on any atom is 0.0643 e. The number of halogens is 1. The number of anilines is 1. The second kappa shape index (κ2) is 5.25. The molecule has 0 saturated carbocycles. The normalized spacial score (nSPS) is 24.4. The third-order valence-corrected chi connectivity index (χ3v) is 3.95. The molecule has 2 atom stereocenters. The van der Waals surface area contributed by atoms with Crippen LogP contribution in [0.4, 0.5) is 5.69 Å². The van der Waals surface area contributed by atoms with Gasteiger partial charge < -0.3 is 15.7 Å². The van der Waals surface area contributed by atoms with Gasteiger partial charge in [0.25, 0.3) is 0 Å². The lowest BCUT2D eigenvalue weighted by atomic mass is 10.0. The second-order valence-electron chi connectivity index (χ2n) is 4.66. The molecule has 2 unspecified atom stereocenters. The monoisotopic (exact) mass is 254 g/mol. The smallest absolute Gasteiger partial charge is 0.0643 e. The molecule has 1 fully saturated rings. The summed E-state index contributed by atoms with van der Waals surface area (Å²) < 4.78 is 0. The summed E-state index contributed by atoms with van der Waals surface area (Å²) >= 11 is 6.28. The summed E-state index contributed by atoms with van der Waals surface area (Å²) in [5.74, 6) is 0.488. The van der Waals surface area contributed by atoms with Crippen molar-refractivity contribution in [2.45, 2.75) is 25.9 Å². The minimum Gasteiger partial charge on any atom is -0.394 e. The van der Waals surface area contributed by atoms with E-state index in [1.165, 1.54) is 0 Å². The maximum absolute atomic E-state index is 9.51. The molecule has 4 heteroatoms. The van der Waals surface area contributed by atoms with Gasteiger partial charge in [0.2, 0.25) is 0 Å². The van der Waals surface area contributed by atoms with Gasteiger partial charge in [-0.25, -0.2) is 0 Å². The van der Waals surface area contributed by atoms with Crippen molar-refractivity contribution in [2.75, 3.05) is 18.1 Å². The van der Waals surface area contributed by atoms with Crippen LogP contribution in [0.5, 0.6) is 0 Å². The molecule has 0 radical (unpaired) electrons. The molecule has 1 heterocycles. The highest BCUT2D eigenvalue weighted by Crippen LogP contribution is 2.36. The van der Waals surface area contributed by atoms with Gasteiger partial charge in [0.15, 0.2) is 0 Å². The molecule has 0 spiro atoms. The predicted octanol–water partition coefficient (Wildman–Crippen LogP) is 2.01. The summed E-state index contributed by atoms with van der Waals surface area (Å²) in [4.78, 5) is 2.20. The van der Waals surface area contributed by atoms with Crippen molar-refractivity contribution in [3.8, 4) is 0 Å². The van der Waals surface area contributed by atoms with Gasteiger partial charge in [-0.05, 0) is 24.0 Å². The van der Waals surface area contributed by atoms with Crippen molar-refractivity contribution in [3.63, 3.8) is 0 Å². The van der Waals surface area contributed by atoms with Crippen LogP contribution < -0.4 is 10.6 Å². The van der Waals surface area contributed by atoms with Crippen LogP contribution in [0.1, 0.15) is 18.9 Å². The Hall–Kier alpha value is -0.770. The Morgan fingerprint density at radius 3 is 2.94 bits per heavy atom. The molecule has 0 amide bonds. The highest BCUT2D eigenvalue weighted by atomic mass is 35.5. The van der Waals surface area contributed by atoms with Crippen LogP contribution in [0.3, 0.4) is 0 Å². The molecule has 0 aliphatic carbocycles. The van der Waals surface area contributed by atoms with E-state index >= 15 is 0 Å². The summed E-state index contributed by atoms with van der Waals surface area (Å²) in [5.41, 5.74) is 7.81. The van der Waals surface area contributed by atoms with Crippen LogP contribution >= 0.6 is 11.6 Å². The lowest BCUT2D eigenvalue weighted by Gasteiger charge is -2.30.